The molecule has 1 saturated heterocycles. The molecule has 1 atom stereocenters. The molecule has 96 valence electrons. The zero-order valence-electron chi connectivity index (χ0n) is 10.2. The lowest BCUT2D eigenvalue weighted by Crippen LogP contribution is -2.60. The first-order valence-electron chi connectivity index (χ1n) is 6.32. The molecule has 2 N–H and O–H groups in total. The largest absolute Gasteiger partial charge is 0.389 e. The standard InChI is InChI=1S/C12H20N2O3/c1-8(15)13-11(9-4-2-3-5-9)12(17)14-6-10(16)7-14/h9-11,16H,2-7H2,1H3,(H,13,15). The Hall–Kier alpha value is -1.10. The van der Waals surface area contributed by atoms with E-state index in [-0.39, 0.29) is 29.9 Å². The van der Waals surface area contributed by atoms with Crippen molar-refractivity contribution in [1.82, 2.24) is 10.2 Å². The quantitative estimate of drug-likeness (QED) is 0.723. The second-order valence-electron chi connectivity index (χ2n) is 5.12. The number of aliphatic hydroxyl groups is 1. The van der Waals surface area contributed by atoms with Gasteiger partial charge < -0.3 is 15.3 Å². The Morgan fingerprint density at radius 3 is 2.35 bits per heavy atom. The summed E-state index contributed by atoms with van der Waals surface area (Å²) in [6.07, 6.45) is 3.90. The van der Waals surface area contributed by atoms with E-state index in [1.165, 1.54) is 6.92 Å². The second kappa shape index (κ2) is 5.04. The first kappa shape index (κ1) is 12.4. The molecule has 2 rings (SSSR count). The van der Waals surface area contributed by atoms with E-state index in [0.717, 1.165) is 25.7 Å². The van der Waals surface area contributed by atoms with Gasteiger partial charge in [-0.3, -0.25) is 9.59 Å². The molecule has 0 radical (unpaired) electrons. The third kappa shape index (κ3) is 2.77. The average molecular weight is 240 g/mol. The van der Waals surface area contributed by atoms with Crippen LogP contribution in [0.25, 0.3) is 0 Å². The summed E-state index contributed by atoms with van der Waals surface area (Å²) in [7, 11) is 0. The van der Waals surface area contributed by atoms with Crippen LogP contribution in [0.1, 0.15) is 32.6 Å². The van der Waals surface area contributed by atoms with Crippen molar-refractivity contribution in [3.05, 3.63) is 0 Å². The maximum Gasteiger partial charge on any atom is 0.245 e. The van der Waals surface area contributed by atoms with Crippen LogP contribution in [0.15, 0.2) is 0 Å². The van der Waals surface area contributed by atoms with Crippen LogP contribution >= 0.6 is 0 Å². The predicted molar refractivity (Wildman–Crippen MR) is 62.1 cm³/mol. The van der Waals surface area contributed by atoms with Crippen molar-refractivity contribution in [2.75, 3.05) is 13.1 Å². The van der Waals surface area contributed by atoms with Crippen molar-refractivity contribution in [3.8, 4) is 0 Å². The third-order valence-corrected chi connectivity index (χ3v) is 3.67. The highest BCUT2D eigenvalue weighted by molar-refractivity contribution is 5.87. The fourth-order valence-corrected chi connectivity index (χ4v) is 2.72. The molecule has 0 bridgehead atoms. The molecule has 1 unspecified atom stereocenters. The van der Waals surface area contributed by atoms with Gasteiger partial charge in [0, 0.05) is 20.0 Å². The van der Waals surface area contributed by atoms with Gasteiger partial charge in [-0.1, -0.05) is 12.8 Å². The summed E-state index contributed by atoms with van der Waals surface area (Å²) in [4.78, 5) is 25.0. The van der Waals surface area contributed by atoms with Gasteiger partial charge in [0.15, 0.2) is 0 Å². The second-order valence-corrected chi connectivity index (χ2v) is 5.12. The molecular formula is C12H20N2O3. The van der Waals surface area contributed by atoms with Crippen LogP contribution < -0.4 is 5.32 Å². The molecule has 17 heavy (non-hydrogen) atoms. The first-order valence-corrected chi connectivity index (χ1v) is 6.32. The normalized spacial score (nSPS) is 23.3. The number of carbonyl (C=O) groups is 2. The highest BCUT2D eigenvalue weighted by Gasteiger charge is 2.38. The van der Waals surface area contributed by atoms with Crippen LogP contribution in [-0.2, 0) is 9.59 Å². The number of aliphatic hydroxyl groups excluding tert-OH is 1. The minimum atomic E-state index is -0.388. The Bertz CT molecular complexity index is 307. The molecule has 0 aromatic heterocycles. The van der Waals surface area contributed by atoms with Gasteiger partial charge in [0.1, 0.15) is 6.04 Å². The van der Waals surface area contributed by atoms with Crippen molar-refractivity contribution < 1.29 is 14.7 Å². The lowest BCUT2D eigenvalue weighted by atomic mass is 9.95. The number of rotatable bonds is 3. The Morgan fingerprint density at radius 2 is 1.88 bits per heavy atom. The topological polar surface area (TPSA) is 69.6 Å². The minimum Gasteiger partial charge on any atom is -0.389 e. The molecule has 2 amide bonds. The Morgan fingerprint density at radius 1 is 1.29 bits per heavy atom. The molecule has 1 aliphatic heterocycles. The van der Waals surface area contributed by atoms with E-state index in [1.807, 2.05) is 0 Å². The van der Waals surface area contributed by atoms with Gasteiger partial charge in [-0.15, -0.1) is 0 Å². The lowest BCUT2D eigenvalue weighted by molar-refractivity contribution is -0.146. The van der Waals surface area contributed by atoms with Gasteiger partial charge in [0.05, 0.1) is 6.10 Å². The molecular weight excluding hydrogens is 220 g/mol. The summed E-state index contributed by atoms with van der Waals surface area (Å²) in [6, 6.07) is -0.387. The lowest BCUT2D eigenvalue weighted by Gasteiger charge is -2.39. The molecule has 0 spiro atoms. The fraction of sp³-hybridized carbons (Fsp3) is 0.833. The van der Waals surface area contributed by atoms with E-state index in [0.29, 0.717) is 13.1 Å². The number of likely N-dealkylation sites (tertiary alicyclic amines) is 1. The van der Waals surface area contributed by atoms with Crippen molar-refractivity contribution in [1.29, 1.82) is 0 Å². The van der Waals surface area contributed by atoms with E-state index >= 15 is 0 Å². The highest BCUT2D eigenvalue weighted by atomic mass is 16.3. The average Bonchev–Trinajstić information content (AvgIpc) is 2.73. The van der Waals surface area contributed by atoms with Crippen LogP contribution in [0.3, 0.4) is 0 Å². The molecule has 0 aromatic rings. The number of hydrogen-bond donors (Lipinski definition) is 2. The Kier molecular flexibility index (Phi) is 3.66. The number of hydrogen-bond acceptors (Lipinski definition) is 3. The Balaban J connectivity index is 1.98. The van der Waals surface area contributed by atoms with E-state index < -0.39 is 0 Å². The van der Waals surface area contributed by atoms with Crippen LogP contribution in [0, 0.1) is 5.92 Å². The molecule has 2 aliphatic rings. The van der Waals surface area contributed by atoms with E-state index in [2.05, 4.69) is 5.32 Å². The summed E-state index contributed by atoms with van der Waals surface area (Å²) < 4.78 is 0. The highest BCUT2D eigenvalue weighted by Crippen LogP contribution is 2.29. The van der Waals surface area contributed by atoms with Gasteiger partial charge in [0.2, 0.25) is 11.8 Å². The first-order chi connectivity index (χ1) is 8.08. The number of β-amino-alcohol motifs (C(OH)–C–C–N with tert-alkyl or cyclic N) is 1. The molecule has 5 nitrogen and oxygen atoms in total. The number of amides is 2. The smallest absolute Gasteiger partial charge is 0.245 e. The SMILES string of the molecule is CC(=O)NC(C(=O)N1CC(O)C1)C1CCCC1. The summed E-state index contributed by atoms with van der Waals surface area (Å²) >= 11 is 0. The summed E-state index contributed by atoms with van der Waals surface area (Å²) in [5.41, 5.74) is 0. The zero-order valence-corrected chi connectivity index (χ0v) is 10.2. The Labute approximate surface area is 101 Å². The van der Waals surface area contributed by atoms with Crippen LogP contribution in [-0.4, -0.2) is 47.1 Å². The van der Waals surface area contributed by atoms with Crippen molar-refractivity contribution in [3.63, 3.8) is 0 Å². The van der Waals surface area contributed by atoms with Gasteiger partial charge in [-0.2, -0.15) is 0 Å². The van der Waals surface area contributed by atoms with Crippen LogP contribution in [0.2, 0.25) is 0 Å². The molecule has 5 heteroatoms. The molecule has 0 aromatic carbocycles. The van der Waals surface area contributed by atoms with E-state index in [4.69, 9.17) is 0 Å². The minimum absolute atomic E-state index is 0.0302. The van der Waals surface area contributed by atoms with Crippen molar-refractivity contribution >= 4 is 11.8 Å². The molecule has 1 heterocycles. The summed E-state index contributed by atoms with van der Waals surface area (Å²) in [5.74, 6) is 0.0814. The maximum atomic E-state index is 12.2. The summed E-state index contributed by atoms with van der Waals surface area (Å²) in [6.45, 7) is 2.25. The van der Waals surface area contributed by atoms with Gasteiger partial charge in [-0.05, 0) is 18.8 Å². The number of carbonyl (C=O) groups excluding carboxylic acids is 2. The monoisotopic (exact) mass is 240 g/mol. The van der Waals surface area contributed by atoms with E-state index in [9.17, 15) is 14.7 Å². The number of nitrogens with one attached hydrogen (secondary N) is 1. The maximum absolute atomic E-state index is 12.2. The molecule has 1 saturated carbocycles. The third-order valence-electron chi connectivity index (χ3n) is 3.67. The van der Waals surface area contributed by atoms with Gasteiger partial charge in [-0.25, -0.2) is 0 Å². The van der Waals surface area contributed by atoms with Gasteiger partial charge in [0.25, 0.3) is 0 Å². The van der Waals surface area contributed by atoms with Crippen LogP contribution in [0.4, 0.5) is 0 Å². The van der Waals surface area contributed by atoms with E-state index in [1.54, 1.807) is 4.90 Å². The van der Waals surface area contributed by atoms with Crippen molar-refractivity contribution in [2.45, 2.75) is 44.8 Å². The fourth-order valence-electron chi connectivity index (χ4n) is 2.72. The molecule has 2 fully saturated rings. The van der Waals surface area contributed by atoms with Gasteiger partial charge >= 0.3 is 0 Å². The van der Waals surface area contributed by atoms with Crippen LogP contribution in [0.5, 0.6) is 0 Å². The molecule has 1 aliphatic carbocycles. The zero-order chi connectivity index (χ0) is 12.4. The number of nitrogens with zero attached hydrogens (tertiary/aromatic N) is 1. The summed E-state index contributed by atoms with van der Waals surface area (Å²) in [5, 5.41) is 12.0. The predicted octanol–water partition coefficient (Wildman–Crippen LogP) is -0.116. The van der Waals surface area contributed by atoms with Crippen molar-refractivity contribution in [2.24, 2.45) is 5.92 Å².